The Hall–Kier alpha value is -1.14. The van der Waals surface area contributed by atoms with E-state index in [1.807, 2.05) is 38.1 Å². The van der Waals surface area contributed by atoms with Gasteiger partial charge in [-0.05, 0) is 31.0 Å². The predicted molar refractivity (Wildman–Crippen MR) is 83.6 cm³/mol. The molecule has 2 rings (SSSR count). The lowest BCUT2D eigenvalue weighted by molar-refractivity contribution is -0.118. The smallest absolute Gasteiger partial charge is 0.239 e. The topological polar surface area (TPSA) is 53.8 Å². The fourth-order valence-electron chi connectivity index (χ4n) is 1.59. The average Bonchev–Trinajstić information content (AvgIpc) is 2.77. The van der Waals surface area contributed by atoms with Crippen LogP contribution in [0.4, 0.5) is 0 Å². The molecule has 4 nitrogen and oxygen atoms in total. The van der Waals surface area contributed by atoms with Crippen LogP contribution in [0.5, 0.6) is 0 Å². The summed E-state index contributed by atoms with van der Waals surface area (Å²) in [6, 6.07) is 7.86. The van der Waals surface area contributed by atoms with Gasteiger partial charge in [0.25, 0.3) is 0 Å². The van der Waals surface area contributed by atoms with Crippen LogP contribution in [-0.2, 0) is 4.79 Å². The lowest BCUT2D eigenvalue weighted by Gasteiger charge is -1.99. The molecule has 1 amide bonds. The normalized spacial score (nSPS) is 21.8. The highest BCUT2D eigenvalue weighted by Crippen LogP contribution is 2.22. The molecule has 1 aromatic rings. The average molecular weight is 340 g/mol. The van der Waals surface area contributed by atoms with E-state index in [9.17, 15) is 4.79 Å². The number of benzene rings is 1. The van der Waals surface area contributed by atoms with Crippen molar-refractivity contribution in [3.8, 4) is 0 Å². The second-order valence-corrected chi connectivity index (χ2v) is 6.21. The highest BCUT2D eigenvalue weighted by atomic mass is 79.9. The van der Waals surface area contributed by atoms with Crippen LogP contribution in [0.2, 0.25) is 0 Å². The molecule has 100 valence electrons. The molecule has 1 saturated heterocycles. The second kappa shape index (κ2) is 6.34. The molecule has 1 N–H and O–H groups in total. The molecular weight excluding hydrogens is 326 g/mol. The van der Waals surface area contributed by atoms with E-state index in [2.05, 4.69) is 31.4 Å². The number of nitrogens with zero attached hydrogens (tertiary/aromatic N) is 2. The Morgan fingerprint density at radius 2 is 2.11 bits per heavy atom. The Kier molecular flexibility index (Phi) is 4.76. The van der Waals surface area contributed by atoms with Crippen molar-refractivity contribution in [3.63, 3.8) is 0 Å². The molecule has 1 heterocycles. The van der Waals surface area contributed by atoms with Crippen LogP contribution in [-0.4, -0.2) is 22.0 Å². The monoisotopic (exact) mass is 339 g/mol. The van der Waals surface area contributed by atoms with Crippen molar-refractivity contribution in [3.05, 3.63) is 34.3 Å². The third-order valence-electron chi connectivity index (χ3n) is 2.70. The zero-order valence-corrected chi connectivity index (χ0v) is 13.1. The third-order valence-corrected chi connectivity index (χ3v) is 4.47. The molecule has 0 aromatic heterocycles. The molecule has 1 aliphatic rings. The fourth-order valence-corrected chi connectivity index (χ4v) is 2.70. The highest BCUT2D eigenvalue weighted by Gasteiger charge is 2.28. The highest BCUT2D eigenvalue weighted by molar-refractivity contribution is 9.10. The number of hydrogen-bond acceptors (Lipinski definition) is 4. The third kappa shape index (κ3) is 3.67. The van der Waals surface area contributed by atoms with E-state index in [1.165, 1.54) is 11.8 Å². The van der Waals surface area contributed by atoms with Crippen LogP contribution in [0, 0.1) is 0 Å². The molecule has 1 atom stereocenters. The van der Waals surface area contributed by atoms with E-state index in [0.29, 0.717) is 5.17 Å². The number of nitrogens with one attached hydrogen (secondary N) is 1. The van der Waals surface area contributed by atoms with E-state index < -0.39 is 0 Å². The van der Waals surface area contributed by atoms with Gasteiger partial charge in [0.2, 0.25) is 5.91 Å². The van der Waals surface area contributed by atoms with Gasteiger partial charge in [0.15, 0.2) is 5.17 Å². The van der Waals surface area contributed by atoms with Crippen molar-refractivity contribution >= 4 is 44.5 Å². The Bertz CT molecular complexity index is 539. The number of carbonyl (C=O) groups is 1. The van der Waals surface area contributed by atoms with Gasteiger partial charge in [0, 0.05) is 4.47 Å². The number of hydrogen-bond donors (Lipinski definition) is 1. The summed E-state index contributed by atoms with van der Waals surface area (Å²) in [7, 11) is 0. The molecule has 0 spiro atoms. The lowest BCUT2D eigenvalue weighted by Crippen LogP contribution is -2.24. The van der Waals surface area contributed by atoms with Gasteiger partial charge < -0.3 is 5.32 Å². The van der Waals surface area contributed by atoms with Gasteiger partial charge >= 0.3 is 0 Å². The minimum absolute atomic E-state index is 0.0164. The Morgan fingerprint density at radius 1 is 1.42 bits per heavy atom. The van der Waals surface area contributed by atoms with Crippen LogP contribution >= 0.6 is 27.7 Å². The molecule has 0 radical (unpaired) electrons. The number of amidine groups is 1. The van der Waals surface area contributed by atoms with Crippen molar-refractivity contribution in [2.24, 2.45) is 10.2 Å². The van der Waals surface area contributed by atoms with Crippen molar-refractivity contribution in [1.82, 2.24) is 5.32 Å². The van der Waals surface area contributed by atoms with E-state index >= 15 is 0 Å². The first-order chi connectivity index (χ1) is 9.10. The van der Waals surface area contributed by atoms with Crippen LogP contribution in [0.3, 0.4) is 0 Å². The van der Waals surface area contributed by atoms with Gasteiger partial charge in [-0.25, -0.2) is 0 Å². The Morgan fingerprint density at radius 3 is 2.68 bits per heavy atom. The predicted octanol–water partition coefficient (Wildman–Crippen LogP) is 3.17. The van der Waals surface area contributed by atoms with E-state index in [4.69, 9.17) is 0 Å². The van der Waals surface area contributed by atoms with Crippen molar-refractivity contribution in [2.75, 3.05) is 0 Å². The number of carbonyl (C=O) groups excluding carboxylic acids is 1. The summed E-state index contributed by atoms with van der Waals surface area (Å²) in [6.45, 7) is 3.88. The van der Waals surface area contributed by atoms with Gasteiger partial charge in [-0.2, -0.15) is 5.10 Å². The second-order valence-electron chi connectivity index (χ2n) is 4.10. The number of amides is 1. The first kappa shape index (κ1) is 14.3. The summed E-state index contributed by atoms with van der Waals surface area (Å²) in [5.41, 5.74) is 1.82. The molecule has 1 aromatic carbocycles. The van der Waals surface area contributed by atoms with Crippen LogP contribution in [0.25, 0.3) is 0 Å². The maximum Gasteiger partial charge on any atom is 0.239 e. The van der Waals surface area contributed by atoms with Crippen LogP contribution in [0.15, 0.2) is 38.9 Å². The molecule has 0 saturated carbocycles. The van der Waals surface area contributed by atoms with Gasteiger partial charge in [0.1, 0.15) is 0 Å². The largest absolute Gasteiger partial charge is 0.303 e. The molecule has 6 heteroatoms. The summed E-state index contributed by atoms with van der Waals surface area (Å²) in [4.78, 5) is 11.5. The summed E-state index contributed by atoms with van der Waals surface area (Å²) in [5.74, 6) is 0.0164. The summed E-state index contributed by atoms with van der Waals surface area (Å²) in [5, 5.41) is 11.5. The first-order valence-corrected chi connectivity index (χ1v) is 7.63. The maximum absolute atomic E-state index is 11.5. The van der Waals surface area contributed by atoms with E-state index in [-0.39, 0.29) is 11.2 Å². The molecule has 0 unspecified atom stereocenters. The zero-order valence-electron chi connectivity index (χ0n) is 10.7. The number of thioether (sulfide) groups is 1. The van der Waals surface area contributed by atoms with Crippen molar-refractivity contribution < 1.29 is 4.79 Å². The first-order valence-electron chi connectivity index (χ1n) is 5.96. The number of rotatable bonds is 3. The fraction of sp³-hybridized carbons (Fsp3) is 0.308. The number of halogens is 1. The Balaban J connectivity index is 2.10. The Labute approximate surface area is 124 Å². The molecule has 0 bridgehead atoms. The molecule has 1 fully saturated rings. The molecule has 19 heavy (non-hydrogen) atoms. The summed E-state index contributed by atoms with van der Waals surface area (Å²) in [6.07, 6.45) is 0.797. The van der Waals surface area contributed by atoms with Crippen LogP contribution < -0.4 is 5.32 Å². The molecular formula is C13H14BrN3OS. The van der Waals surface area contributed by atoms with Gasteiger partial charge in [-0.15, -0.1) is 5.10 Å². The van der Waals surface area contributed by atoms with Gasteiger partial charge in [0.05, 0.1) is 11.0 Å². The SMILES string of the molecule is CC[C@@H]1SC(=NN=C(C)c2ccc(Br)cc2)NC1=O. The van der Waals surface area contributed by atoms with Gasteiger partial charge in [-0.3, -0.25) is 4.79 Å². The zero-order chi connectivity index (χ0) is 13.8. The quantitative estimate of drug-likeness (QED) is 0.679. The lowest BCUT2D eigenvalue weighted by atomic mass is 10.1. The van der Waals surface area contributed by atoms with E-state index in [1.54, 1.807) is 0 Å². The van der Waals surface area contributed by atoms with E-state index in [0.717, 1.165) is 22.2 Å². The maximum atomic E-state index is 11.5. The van der Waals surface area contributed by atoms with Crippen molar-refractivity contribution in [2.45, 2.75) is 25.5 Å². The standard InChI is InChI=1S/C13H14BrN3OS/c1-3-11-12(18)15-13(19-11)17-16-8(2)9-4-6-10(14)7-5-9/h4-7,11H,3H2,1-2H3,(H,15,17,18)/t11-/m0/s1. The van der Waals surface area contributed by atoms with Gasteiger partial charge in [-0.1, -0.05) is 46.7 Å². The molecule has 0 aliphatic carbocycles. The molecule has 1 aliphatic heterocycles. The van der Waals surface area contributed by atoms with Crippen molar-refractivity contribution in [1.29, 1.82) is 0 Å². The summed E-state index contributed by atoms with van der Waals surface area (Å²) < 4.78 is 1.03. The minimum Gasteiger partial charge on any atom is -0.303 e. The van der Waals surface area contributed by atoms with Crippen LogP contribution in [0.1, 0.15) is 25.8 Å². The summed E-state index contributed by atoms with van der Waals surface area (Å²) >= 11 is 4.82. The minimum atomic E-state index is -0.0399.